The average molecular weight is 601 g/mol. The Balaban J connectivity index is 1.71. The van der Waals surface area contributed by atoms with Gasteiger partial charge in [-0.1, -0.05) is 55.6 Å². The van der Waals surface area contributed by atoms with Crippen LogP contribution < -0.4 is 0 Å². The van der Waals surface area contributed by atoms with E-state index in [4.69, 9.17) is 11.6 Å². The van der Waals surface area contributed by atoms with Gasteiger partial charge in [0, 0.05) is 15.2 Å². The Hall–Kier alpha value is -2.10. The number of hydrogen-bond donors (Lipinski definition) is 0. The first-order valence-corrected chi connectivity index (χ1v) is 12.4. The number of carbonyl (C=O) groups excluding carboxylic acids is 4. The fraction of sp³-hybridized carbons (Fsp3) is 0.304. The molecule has 0 N–H and O–H groups in total. The summed E-state index contributed by atoms with van der Waals surface area (Å²) in [5.41, 5.74) is 0.198. The Bertz CT molecular complexity index is 1100. The first kappa shape index (κ1) is 24.0. The van der Waals surface area contributed by atoms with Gasteiger partial charge in [0.05, 0.1) is 22.4 Å². The third kappa shape index (κ3) is 4.63. The van der Waals surface area contributed by atoms with Crippen molar-refractivity contribution >= 4 is 67.0 Å². The average Bonchev–Trinajstić information content (AvgIpc) is 3.02. The minimum absolute atomic E-state index is 0.0102. The molecule has 0 spiro atoms. The predicted molar refractivity (Wildman–Crippen MR) is 127 cm³/mol. The van der Waals surface area contributed by atoms with Gasteiger partial charge in [-0.3, -0.25) is 19.2 Å². The quantitative estimate of drug-likeness (QED) is 0.285. The summed E-state index contributed by atoms with van der Waals surface area (Å²) in [6, 6.07) is 11.0. The molecule has 172 valence electrons. The molecule has 4 atom stereocenters. The summed E-state index contributed by atoms with van der Waals surface area (Å²) in [4.78, 5) is 53.0. The molecule has 1 aliphatic heterocycles. The second kappa shape index (κ2) is 9.64. The molecule has 2 fully saturated rings. The van der Waals surface area contributed by atoms with Gasteiger partial charge in [-0.25, -0.2) is 9.40 Å². The number of ketones is 1. The molecular formula is C23H18Br2ClFN2O4. The van der Waals surface area contributed by atoms with Crippen LogP contribution in [0.1, 0.15) is 33.6 Å². The summed E-state index contributed by atoms with van der Waals surface area (Å²) in [5.74, 6) is -4.07. The highest BCUT2D eigenvalue weighted by Crippen LogP contribution is 2.43. The summed E-state index contributed by atoms with van der Waals surface area (Å²) in [5, 5.41) is 1.79. The van der Waals surface area contributed by atoms with Crippen molar-refractivity contribution < 1.29 is 23.6 Å². The Kier molecular flexibility index (Phi) is 7.02. The first-order chi connectivity index (χ1) is 15.7. The number of imide groups is 1. The number of halogens is 4. The molecule has 3 amide bonds. The number of Topliss-reactive ketones (excluding diaryl/α,β-unsaturated/α-hetero) is 1. The van der Waals surface area contributed by atoms with Crippen LogP contribution in [0.25, 0.3) is 0 Å². The minimum Gasteiger partial charge on any atom is -0.292 e. The first-order valence-electron chi connectivity index (χ1n) is 10.2. The van der Waals surface area contributed by atoms with Crippen molar-refractivity contribution in [1.29, 1.82) is 0 Å². The van der Waals surface area contributed by atoms with E-state index in [-0.39, 0.29) is 25.8 Å². The molecule has 33 heavy (non-hydrogen) atoms. The van der Waals surface area contributed by atoms with Crippen molar-refractivity contribution in [1.82, 2.24) is 10.0 Å². The maximum atomic E-state index is 13.5. The number of rotatable bonds is 5. The van der Waals surface area contributed by atoms with Crippen LogP contribution in [0.15, 0.2) is 48.5 Å². The fourth-order valence-electron chi connectivity index (χ4n) is 4.19. The zero-order chi connectivity index (χ0) is 23.9. The zero-order valence-electron chi connectivity index (χ0n) is 17.1. The molecule has 1 saturated heterocycles. The summed E-state index contributed by atoms with van der Waals surface area (Å²) in [6.45, 7) is -0.581. The van der Waals surface area contributed by atoms with Gasteiger partial charge in [0.25, 0.3) is 17.7 Å². The molecule has 2 aromatic carbocycles. The maximum absolute atomic E-state index is 13.5. The van der Waals surface area contributed by atoms with Crippen LogP contribution in [0.3, 0.4) is 0 Å². The van der Waals surface area contributed by atoms with Crippen molar-refractivity contribution in [3.05, 3.63) is 70.5 Å². The van der Waals surface area contributed by atoms with E-state index in [2.05, 4.69) is 31.9 Å². The van der Waals surface area contributed by atoms with Gasteiger partial charge in [-0.15, -0.1) is 0 Å². The predicted octanol–water partition coefficient (Wildman–Crippen LogP) is 4.64. The van der Waals surface area contributed by atoms with Crippen LogP contribution in [-0.4, -0.2) is 49.7 Å². The normalized spacial score (nSPS) is 24.5. The smallest absolute Gasteiger partial charge is 0.274 e. The van der Waals surface area contributed by atoms with Crippen molar-refractivity contribution in [3.8, 4) is 0 Å². The fourth-order valence-corrected chi connectivity index (χ4v) is 5.64. The van der Waals surface area contributed by atoms with E-state index in [1.807, 2.05) is 0 Å². The second-order valence-electron chi connectivity index (χ2n) is 7.98. The SMILES string of the molecule is O=C(CN(C(=O)c1ccccc1Cl)N1C(=O)[C@@H]2C[C@@H](Br)[C@@H](Br)C[C@H]2C1=O)c1ccc(F)cc1. The standard InChI is InChI=1S/C23H18Br2ClFN2O4/c24-17-9-15-16(10-18(17)25)23(33)29(22(15)32)28(21(31)14-3-1-2-4-19(14)26)11-20(30)12-5-7-13(27)8-6-12/h1-8,15-18H,9-11H2/t15-,16-,17-,18+/m1/s1. The molecular weight excluding hydrogens is 583 g/mol. The lowest BCUT2D eigenvalue weighted by Crippen LogP contribution is -2.52. The third-order valence-electron chi connectivity index (χ3n) is 5.93. The molecule has 1 saturated carbocycles. The second-order valence-corrected chi connectivity index (χ2v) is 10.7. The molecule has 0 unspecified atom stereocenters. The Labute approximate surface area is 211 Å². The molecule has 0 radical (unpaired) electrons. The zero-order valence-corrected chi connectivity index (χ0v) is 21.0. The Morgan fingerprint density at radius 2 is 1.52 bits per heavy atom. The van der Waals surface area contributed by atoms with E-state index in [0.717, 1.165) is 22.2 Å². The number of hydrogen-bond acceptors (Lipinski definition) is 4. The van der Waals surface area contributed by atoms with E-state index >= 15 is 0 Å². The Morgan fingerprint density at radius 3 is 2.06 bits per heavy atom. The molecule has 6 nitrogen and oxygen atoms in total. The highest BCUT2D eigenvalue weighted by molar-refractivity contribution is 9.12. The number of nitrogens with zero attached hydrogens (tertiary/aromatic N) is 2. The van der Waals surface area contributed by atoms with Crippen molar-refractivity contribution in [2.45, 2.75) is 22.5 Å². The lowest BCUT2D eigenvalue weighted by Gasteiger charge is -2.30. The van der Waals surface area contributed by atoms with Gasteiger partial charge in [-0.05, 0) is 49.2 Å². The van der Waals surface area contributed by atoms with E-state index in [0.29, 0.717) is 12.8 Å². The summed E-state index contributed by atoms with van der Waals surface area (Å²) in [7, 11) is 0. The Morgan fingerprint density at radius 1 is 0.970 bits per heavy atom. The molecule has 1 aliphatic carbocycles. The largest absolute Gasteiger partial charge is 0.292 e. The summed E-state index contributed by atoms with van der Waals surface area (Å²) >= 11 is 13.3. The number of benzene rings is 2. The van der Waals surface area contributed by atoms with Gasteiger partial charge < -0.3 is 0 Å². The van der Waals surface area contributed by atoms with Gasteiger partial charge in [0.2, 0.25) is 0 Å². The van der Waals surface area contributed by atoms with E-state index in [1.165, 1.54) is 24.3 Å². The molecule has 1 heterocycles. The molecule has 0 bridgehead atoms. The molecule has 2 aliphatic rings. The van der Waals surface area contributed by atoms with Crippen molar-refractivity contribution in [2.75, 3.05) is 6.54 Å². The van der Waals surface area contributed by atoms with Gasteiger partial charge in [-0.2, -0.15) is 5.01 Å². The molecule has 0 aromatic heterocycles. The molecule has 10 heteroatoms. The van der Waals surface area contributed by atoms with Crippen molar-refractivity contribution in [2.24, 2.45) is 11.8 Å². The van der Waals surface area contributed by atoms with Crippen LogP contribution in [0.5, 0.6) is 0 Å². The van der Waals surface area contributed by atoms with Crippen LogP contribution in [-0.2, 0) is 9.59 Å². The summed E-state index contributed by atoms with van der Waals surface area (Å²) < 4.78 is 13.3. The van der Waals surface area contributed by atoms with E-state index in [1.54, 1.807) is 12.1 Å². The number of carbonyl (C=O) groups is 4. The topological polar surface area (TPSA) is 74.8 Å². The number of hydrazine groups is 1. The van der Waals surface area contributed by atoms with Crippen molar-refractivity contribution in [3.63, 3.8) is 0 Å². The van der Waals surface area contributed by atoms with E-state index < -0.39 is 47.7 Å². The highest BCUT2D eigenvalue weighted by Gasteiger charge is 2.54. The molecule has 4 rings (SSSR count). The van der Waals surface area contributed by atoms with Crippen LogP contribution in [0, 0.1) is 17.7 Å². The number of fused-ring (bicyclic) bond motifs is 1. The number of amides is 3. The lowest BCUT2D eigenvalue weighted by molar-refractivity contribution is -0.154. The number of alkyl halides is 2. The van der Waals surface area contributed by atoms with Crippen LogP contribution >= 0.6 is 43.5 Å². The van der Waals surface area contributed by atoms with Crippen LogP contribution in [0.4, 0.5) is 4.39 Å². The van der Waals surface area contributed by atoms with Crippen LogP contribution in [0.2, 0.25) is 5.02 Å². The minimum atomic E-state index is -0.748. The van der Waals surface area contributed by atoms with E-state index in [9.17, 15) is 23.6 Å². The lowest BCUT2D eigenvalue weighted by atomic mass is 9.81. The van der Waals surface area contributed by atoms with Gasteiger partial charge >= 0.3 is 0 Å². The van der Waals surface area contributed by atoms with Gasteiger partial charge in [0.1, 0.15) is 12.4 Å². The molecule has 2 aromatic rings. The third-order valence-corrected chi connectivity index (χ3v) is 8.99. The summed E-state index contributed by atoms with van der Waals surface area (Å²) in [6.07, 6.45) is 0.837. The van der Waals surface area contributed by atoms with Gasteiger partial charge in [0.15, 0.2) is 5.78 Å². The monoisotopic (exact) mass is 598 g/mol. The highest BCUT2D eigenvalue weighted by atomic mass is 79.9. The maximum Gasteiger partial charge on any atom is 0.274 e.